The maximum atomic E-state index is 12.7. The van der Waals surface area contributed by atoms with E-state index >= 15 is 0 Å². The summed E-state index contributed by atoms with van der Waals surface area (Å²) in [5.41, 5.74) is 1.93. The van der Waals surface area contributed by atoms with Crippen molar-refractivity contribution in [2.24, 2.45) is 0 Å². The summed E-state index contributed by atoms with van der Waals surface area (Å²) >= 11 is 0. The van der Waals surface area contributed by atoms with E-state index in [1.165, 1.54) is 13.4 Å². The molecule has 0 heterocycles. The highest BCUT2D eigenvalue weighted by Gasteiger charge is 2.19. The predicted octanol–water partition coefficient (Wildman–Crippen LogP) is 4.86. The lowest BCUT2D eigenvalue weighted by Crippen LogP contribution is -2.12. The first kappa shape index (κ1) is 18.3. The number of hydrogen-bond acceptors (Lipinski definition) is 4. The van der Waals surface area contributed by atoms with Crippen LogP contribution in [0.2, 0.25) is 0 Å². The molecule has 0 saturated carbocycles. The molecule has 0 radical (unpaired) electrons. The van der Waals surface area contributed by atoms with E-state index in [1.807, 2.05) is 54.6 Å². The van der Waals surface area contributed by atoms with Gasteiger partial charge in [0, 0.05) is 5.56 Å². The molecule has 0 unspecified atom stereocenters. The van der Waals surface area contributed by atoms with Crippen molar-refractivity contribution in [2.75, 3.05) is 7.11 Å². The lowest BCUT2D eigenvalue weighted by molar-refractivity contribution is -0.128. The molecule has 0 aliphatic carbocycles. The van der Waals surface area contributed by atoms with Crippen LogP contribution in [0.15, 0.2) is 91.2 Å². The maximum Gasteiger partial charge on any atom is 0.347 e. The van der Waals surface area contributed by atoms with Crippen molar-refractivity contribution >= 4 is 11.5 Å². The smallest absolute Gasteiger partial charge is 0.347 e. The summed E-state index contributed by atoms with van der Waals surface area (Å²) in [4.78, 5) is 12.7. The van der Waals surface area contributed by atoms with Gasteiger partial charge in [-0.2, -0.15) is 0 Å². The number of rotatable bonds is 7. The standard InChI is InChI=1S/C23H20O4/c1-25-17-21(23(24)27-19-12-6-3-7-13-19)20-14-8-9-15-22(20)26-16-18-10-4-2-5-11-18/h2-15,17H,16H2,1H3. The van der Waals surface area contributed by atoms with E-state index in [1.54, 1.807) is 30.3 Å². The second-order valence-corrected chi connectivity index (χ2v) is 5.74. The van der Waals surface area contributed by atoms with Gasteiger partial charge in [-0.25, -0.2) is 4.79 Å². The van der Waals surface area contributed by atoms with E-state index in [-0.39, 0.29) is 5.57 Å². The van der Waals surface area contributed by atoms with Crippen molar-refractivity contribution in [3.8, 4) is 11.5 Å². The normalized spacial score (nSPS) is 10.9. The minimum Gasteiger partial charge on any atom is -0.503 e. The van der Waals surface area contributed by atoms with Gasteiger partial charge >= 0.3 is 5.97 Å². The zero-order valence-electron chi connectivity index (χ0n) is 15.0. The van der Waals surface area contributed by atoms with Crippen LogP contribution >= 0.6 is 0 Å². The summed E-state index contributed by atoms with van der Waals surface area (Å²) in [6.07, 6.45) is 1.37. The molecule has 27 heavy (non-hydrogen) atoms. The van der Waals surface area contributed by atoms with Gasteiger partial charge in [-0.15, -0.1) is 0 Å². The van der Waals surface area contributed by atoms with Crippen LogP contribution in [0.5, 0.6) is 11.5 Å². The second-order valence-electron chi connectivity index (χ2n) is 5.74. The lowest BCUT2D eigenvalue weighted by Gasteiger charge is -2.14. The number of methoxy groups -OCH3 is 1. The summed E-state index contributed by atoms with van der Waals surface area (Å²) in [7, 11) is 1.49. The molecule has 0 bridgehead atoms. The molecule has 136 valence electrons. The largest absolute Gasteiger partial charge is 0.503 e. The Hall–Kier alpha value is -3.53. The molecule has 4 nitrogen and oxygen atoms in total. The highest BCUT2D eigenvalue weighted by atomic mass is 16.5. The zero-order valence-corrected chi connectivity index (χ0v) is 15.0. The minimum absolute atomic E-state index is 0.282. The quantitative estimate of drug-likeness (QED) is 0.261. The monoisotopic (exact) mass is 360 g/mol. The number of benzene rings is 3. The van der Waals surface area contributed by atoms with Crippen molar-refractivity contribution in [3.05, 3.63) is 102 Å². The average Bonchev–Trinajstić information content (AvgIpc) is 2.72. The van der Waals surface area contributed by atoms with E-state index in [0.717, 1.165) is 5.56 Å². The fourth-order valence-corrected chi connectivity index (χ4v) is 2.54. The van der Waals surface area contributed by atoms with Gasteiger partial charge in [-0.05, 0) is 23.8 Å². The molecule has 0 N–H and O–H groups in total. The summed E-state index contributed by atoms with van der Waals surface area (Å²) in [5, 5.41) is 0. The maximum absolute atomic E-state index is 12.7. The van der Waals surface area contributed by atoms with Crippen molar-refractivity contribution in [1.82, 2.24) is 0 Å². The van der Waals surface area contributed by atoms with Crippen molar-refractivity contribution < 1.29 is 19.0 Å². The molecule has 0 atom stereocenters. The number of esters is 1. The number of para-hydroxylation sites is 2. The summed E-state index contributed by atoms with van der Waals surface area (Å²) in [5.74, 6) is 0.528. The molecule has 4 heteroatoms. The SMILES string of the molecule is COC=C(C(=O)Oc1ccccc1)c1ccccc1OCc1ccccc1. The van der Waals surface area contributed by atoms with Crippen molar-refractivity contribution in [1.29, 1.82) is 0 Å². The van der Waals surface area contributed by atoms with E-state index in [0.29, 0.717) is 23.7 Å². The Bertz CT molecular complexity index is 902. The number of ether oxygens (including phenoxy) is 3. The average molecular weight is 360 g/mol. The topological polar surface area (TPSA) is 44.8 Å². The molecule has 0 aliphatic rings. The molecule has 3 aromatic carbocycles. The minimum atomic E-state index is -0.515. The first-order chi connectivity index (χ1) is 13.3. The third-order valence-corrected chi connectivity index (χ3v) is 3.82. The van der Waals surface area contributed by atoms with E-state index in [9.17, 15) is 4.79 Å². The lowest BCUT2D eigenvalue weighted by atomic mass is 10.1. The van der Waals surface area contributed by atoms with Gasteiger partial charge in [-0.1, -0.05) is 66.7 Å². The molecule has 0 aliphatic heterocycles. The van der Waals surface area contributed by atoms with E-state index in [2.05, 4.69) is 0 Å². The molecular weight excluding hydrogens is 340 g/mol. The van der Waals surface area contributed by atoms with Crippen LogP contribution in [0.4, 0.5) is 0 Å². The molecule has 0 saturated heterocycles. The Morgan fingerprint density at radius 1 is 0.852 bits per heavy atom. The number of carbonyl (C=O) groups is 1. The highest BCUT2D eigenvalue weighted by Crippen LogP contribution is 2.28. The number of carbonyl (C=O) groups excluding carboxylic acids is 1. The zero-order chi connectivity index (χ0) is 18.9. The first-order valence-corrected chi connectivity index (χ1v) is 8.54. The van der Waals surface area contributed by atoms with Crippen LogP contribution in [-0.4, -0.2) is 13.1 Å². The molecule has 3 aromatic rings. The van der Waals surface area contributed by atoms with Crippen molar-refractivity contribution in [3.63, 3.8) is 0 Å². The number of hydrogen-bond donors (Lipinski definition) is 0. The summed E-state index contributed by atoms with van der Waals surface area (Å²) < 4.78 is 16.5. The fourth-order valence-electron chi connectivity index (χ4n) is 2.54. The Kier molecular flexibility index (Phi) is 6.26. The molecule has 0 aromatic heterocycles. The Labute approximate surface area is 158 Å². The summed E-state index contributed by atoms with van der Waals surface area (Å²) in [6.45, 7) is 0.395. The third-order valence-electron chi connectivity index (χ3n) is 3.82. The molecule has 3 rings (SSSR count). The van der Waals surface area contributed by atoms with Crippen LogP contribution in [0.3, 0.4) is 0 Å². The molecular formula is C23H20O4. The van der Waals surface area contributed by atoms with Gasteiger partial charge in [0.05, 0.1) is 13.4 Å². The van der Waals surface area contributed by atoms with Gasteiger partial charge < -0.3 is 14.2 Å². The highest BCUT2D eigenvalue weighted by molar-refractivity contribution is 6.17. The molecule has 0 amide bonds. The van der Waals surface area contributed by atoms with Crippen LogP contribution in [0.25, 0.3) is 5.57 Å². The summed E-state index contributed by atoms with van der Waals surface area (Å²) in [6, 6.07) is 26.1. The van der Waals surface area contributed by atoms with Crippen LogP contribution in [-0.2, 0) is 16.1 Å². The van der Waals surface area contributed by atoms with Gasteiger partial charge in [0.25, 0.3) is 0 Å². The van der Waals surface area contributed by atoms with Crippen LogP contribution in [0, 0.1) is 0 Å². The van der Waals surface area contributed by atoms with Gasteiger partial charge in [0.15, 0.2) is 0 Å². The van der Waals surface area contributed by atoms with Gasteiger partial charge in [0.1, 0.15) is 23.7 Å². The Morgan fingerprint density at radius 2 is 1.48 bits per heavy atom. The molecule has 0 spiro atoms. The molecule has 0 fully saturated rings. The van der Waals surface area contributed by atoms with Crippen molar-refractivity contribution in [2.45, 2.75) is 6.61 Å². The van der Waals surface area contributed by atoms with Crippen LogP contribution < -0.4 is 9.47 Å². The van der Waals surface area contributed by atoms with E-state index < -0.39 is 5.97 Å². The Balaban J connectivity index is 1.83. The first-order valence-electron chi connectivity index (χ1n) is 8.54. The predicted molar refractivity (Wildman–Crippen MR) is 104 cm³/mol. The van der Waals surface area contributed by atoms with Gasteiger partial charge in [0.2, 0.25) is 0 Å². The third kappa shape index (κ3) is 4.98. The van der Waals surface area contributed by atoms with Gasteiger partial charge in [-0.3, -0.25) is 0 Å². The van der Waals surface area contributed by atoms with Crippen LogP contribution in [0.1, 0.15) is 11.1 Å². The van der Waals surface area contributed by atoms with E-state index in [4.69, 9.17) is 14.2 Å². The Morgan fingerprint density at radius 3 is 2.19 bits per heavy atom. The second kappa shape index (κ2) is 9.25. The fraction of sp³-hybridized carbons (Fsp3) is 0.0870.